The van der Waals surface area contributed by atoms with E-state index in [0.717, 1.165) is 43.2 Å². The second kappa shape index (κ2) is 9.31. The maximum Gasteiger partial charge on any atom is 0.229 e. The van der Waals surface area contributed by atoms with Crippen molar-refractivity contribution >= 4 is 5.91 Å². The van der Waals surface area contributed by atoms with Crippen molar-refractivity contribution in [2.24, 2.45) is 5.41 Å². The van der Waals surface area contributed by atoms with E-state index in [0.29, 0.717) is 6.54 Å². The molecule has 3 aromatic rings. The molecule has 1 atom stereocenters. The first-order valence-electron chi connectivity index (χ1n) is 10.7. The van der Waals surface area contributed by atoms with Gasteiger partial charge in [-0.15, -0.1) is 0 Å². The molecule has 2 heterocycles. The van der Waals surface area contributed by atoms with Crippen molar-refractivity contribution in [3.63, 3.8) is 0 Å². The first kappa shape index (κ1) is 21.1. The lowest BCUT2D eigenvalue weighted by Crippen LogP contribution is -2.41. The van der Waals surface area contributed by atoms with Gasteiger partial charge in [0.1, 0.15) is 11.5 Å². The lowest BCUT2D eigenvalue weighted by molar-refractivity contribution is -0.139. The quantitative estimate of drug-likeness (QED) is 0.559. The molecule has 1 aliphatic rings. The van der Waals surface area contributed by atoms with Crippen LogP contribution in [0.15, 0.2) is 79.0 Å². The smallest absolute Gasteiger partial charge is 0.229 e. The maximum absolute atomic E-state index is 13.2. The van der Waals surface area contributed by atoms with Crippen LogP contribution in [0, 0.1) is 5.41 Å². The molecule has 0 bridgehead atoms. The van der Waals surface area contributed by atoms with E-state index < -0.39 is 0 Å². The summed E-state index contributed by atoms with van der Waals surface area (Å²) < 4.78 is 5.97. The number of rotatable bonds is 7. The second-order valence-corrected chi connectivity index (χ2v) is 8.57. The minimum atomic E-state index is -0.373. The zero-order valence-corrected chi connectivity index (χ0v) is 18.2. The number of carbonyl (C=O) groups excluding carboxylic acids is 1. The molecule has 1 aromatic heterocycles. The number of amides is 1. The molecule has 1 saturated heterocycles. The minimum Gasteiger partial charge on any atom is -0.457 e. The molecule has 5 heteroatoms. The highest BCUT2D eigenvalue weighted by atomic mass is 16.5. The molecule has 2 aromatic carbocycles. The Morgan fingerprint density at radius 3 is 2.61 bits per heavy atom. The number of hydrogen-bond acceptors (Lipinski definition) is 4. The van der Waals surface area contributed by atoms with Crippen LogP contribution in [0.25, 0.3) is 0 Å². The summed E-state index contributed by atoms with van der Waals surface area (Å²) in [5.41, 5.74) is 1.72. The zero-order valence-electron chi connectivity index (χ0n) is 18.2. The third-order valence-electron chi connectivity index (χ3n) is 5.82. The number of likely N-dealkylation sites (tertiary alicyclic amines) is 1. The van der Waals surface area contributed by atoms with Gasteiger partial charge in [-0.05, 0) is 61.9 Å². The number of hydrogen-bond donors (Lipinski definition) is 0. The van der Waals surface area contributed by atoms with E-state index in [4.69, 9.17) is 4.74 Å². The highest BCUT2D eigenvalue weighted by molar-refractivity contribution is 5.82. The van der Waals surface area contributed by atoms with Crippen molar-refractivity contribution in [2.45, 2.75) is 26.4 Å². The van der Waals surface area contributed by atoms with Gasteiger partial charge in [0.2, 0.25) is 5.91 Å². The van der Waals surface area contributed by atoms with Crippen LogP contribution in [0.5, 0.6) is 11.5 Å². The molecule has 160 valence electrons. The van der Waals surface area contributed by atoms with E-state index in [1.165, 1.54) is 5.56 Å². The summed E-state index contributed by atoms with van der Waals surface area (Å²) in [6.07, 6.45) is 2.63. The molecule has 1 unspecified atom stereocenters. The molecule has 4 rings (SSSR count). The summed E-state index contributed by atoms with van der Waals surface area (Å²) in [5.74, 6) is 1.84. The van der Waals surface area contributed by atoms with Crippen molar-refractivity contribution in [2.75, 3.05) is 20.1 Å². The number of nitrogens with zero attached hydrogens (tertiary/aromatic N) is 3. The van der Waals surface area contributed by atoms with Crippen molar-refractivity contribution in [3.05, 3.63) is 90.3 Å². The van der Waals surface area contributed by atoms with Crippen LogP contribution in [0.4, 0.5) is 0 Å². The Labute approximate surface area is 184 Å². The van der Waals surface area contributed by atoms with Crippen molar-refractivity contribution in [1.82, 2.24) is 14.8 Å². The molecule has 1 amide bonds. The van der Waals surface area contributed by atoms with Gasteiger partial charge in [0, 0.05) is 26.3 Å². The predicted molar refractivity (Wildman–Crippen MR) is 122 cm³/mol. The van der Waals surface area contributed by atoms with Gasteiger partial charge in [-0.1, -0.05) is 36.4 Å². The van der Waals surface area contributed by atoms with Crippen LogP contribution in [0.1, 0.15) is 24.6 Å². The number of pyridine rings is 1. The fourth-order valence-electron chi connectivity index (χ4n) is 4.22. The van der Waals surface area contributed by atoms with Gasteiger partial charge in [0.15, 0.2) is 0 Å². The lowest BCUT2D eigenvalue weighted by Gasteiger charge is -2.29. The fourth-order valence-corrected chi connectivity index (χ4v) is 4.22. The van der Waals surface area contributed by atoms with E-state index in [1.807, 2.05) is 67.7 Å². The average molecular weight is 416 g/mol. The Morgan fingerprint density at radius 2 is 1.84 bits per heavy atom. The number of benzene rings is 2. The van der Waals surface area contributed by atoms with Gasteiger partial charge < -0.3 is 9.64 Å². The van der Waals surface area contributed by atoms with Crippen molar-refractivity contribution in [1.29, 1.82) is 0 Å². The highest BCUT2D eigenvalue weighted by Gasteiger charge is 2.41. The molecule has 1 fully saturated rings. The number of aromatic nitrogens is 1. The molecule has 31 heavy (non-hydrogen) atoms. The summed E-state index contributed by atoms with van der Waals surface area (Å²) in [6.45, 7) is 5.08. The van der Waals surface area contributed by atoms with Gasteiger partial charge in [-0.25, -0.2) is 0 Å². The lowest BCUT2D eigenvalue weighted by atomic mass is 9.88. The van der Waals surface area contributed by atoms with Crippen LogP contribution in [-0.4, -0.2) is 40.8 Å². The largest absolute Gasteiger partial charge is 0.457 e. The summed E-state index contributed by atoms with van der Waals surface area (Å²) in [5, 5.41) is 0. The molecule has 0 spiro atoms. The third-order valence-corrected chi connectivity index (χ3v) is 5.82. The first-order valence-corrected chi connectivity index (χ1v) is 10.7. The van der Waals surface area contributed by atoms with Crippen molar-refractivity contribution in [3.8, 4) is 11.5 Å². The second-order valence-electron chi connectivity index (χ2n) is 8.57. The van der Waals surface area contributed by atoms with Crippen LogP contribution in [0.3, 0.4) is 0 Å². The number of ether oxygens (including phenoxy) is 1. The van der Waals surface area contributed by atoms with Gasteiger partial charge in [-0.2, -0.15) is 0 Å². The first-order chi connectivity index (χ1) is 15.0. The molecule has 0 radical (unpaired) electrons. The Hall–Kier alpha value is -3.18. The van der Waals surface area contributed by atoms with Crippen LogP contribution in [-0.2, 0) is 17.9 Å². The van der Waals surface area contributed by atoms with E-state index in [-0.39, 0.29) is 11.3 Å². The Kier molecular flexibility index (Phi) is 6.33. The zero-order chi connectivity index (χ0) is 21.7. The van der Waals surface area contributed by atoms with Gasteiger partial charge in [0.25, 0.3) is 0 Å². The Morgan fingerprint density at radius 1 is 1.06 bits per heavy atom. The number of para-hydroxylation sites is 1. The molecule has 5 nitrogen and oxygen atoms in total. The van der Waals surface area contributed by atoms with Crippen LogP contribution >= 0.6 is 0 Å². The fraction of sp³-hybridized carbons (Fsp3) is 0.308. The average Bonchev–Trinajstić information content (AvgIpc) is 3.16. The van der Waals surface area contributed by atoms with Gasteiger partial charge >= 0.3 is 0 Å². The van der Waals surface area contributed by atoms with E-state index >= 15 is 0 Å². The van der Waals surface area contributed by atoms with E-state index in [2.05, 4.69) is 28.9 Å². The summed E-state index contributed by atoms with van der Waals surface area (Å²) in [6, 6.07) is 23.8. The molecular formula is C26H29N3O2. The topological polar surface area (TPSA) is 45.7 Å². The molecule has 0 N–H and O–H groups in total. The summed E-state index contributed by atoms with van der Waals surface area (Å²) in [7, 11) is 1.87. The summed E-state index contributed by atoms with van der Waals surface area (Å²) in [4.78, 5) is 21.7. The minimum absolute atomic E-state index is 0.182. The summed E-state index contributed by atoms with van der Waals surface area (Å²) >= 11 is 0. The normalized spacial score (nSPS) is 18.6. The van der Waals surface area contributed by atoms with E-state index in [1.54, 1.807) is 11.1 Å². The SMILES string of the molecule is CN(Cc1ccccn1)C(=O)C1(C)CCN(Cc2cccc(Oc3ccccc3)c2)C1. The standard InChI is InChI=1S/C26H29N3O2/c1-26(25(30)28(2)19-22-10-6-7-15-27-22)14-16-29(20-26)18-21-9-8-13-24(17-21)31-23-11-4-3-5-12-23/h3-13,15,17H,14,16,18-20H2,1-2H3. The highest BCUT2D eigenvalue weighted by Crippen LogP contribution is 2.33. The van der Waals surface area contributed by atoms with Gasteiger partial charge in [-0.3, -0.25) is 14.7 Å². The molecule has 1 aliphatic heterocycles. The number of carbonyl (C=O) groups is 1. The van der Waals surface area contributed by atoms with Crippen LogP contribution in [0.2, 0.25) is 0 Å². The Balaban J connectivity index is 1.36. The molecular weight excluding hydrogens is 386 g/mol. The Bertz CT molecular complexity index is 1010. The molecule has 0 aliphatic carbocycles. The van der Waals surface area contributed by atoms with E-state index in [9.17, 15) is 4.79 Å². The predicted octanol–water partition coefficient (Wildman–Crippen LogP) is 4.74. The van der Waals surface area contributed by atoms with Crippen LogP contribution < -0.4 is 4.74 Å². The molecule has 0 saturated carbocycles. The third kappa shape index (κ3) is 5.30. The van der Waals surface area contributed by atoms with Crippen molar-refractivity contribution < 1.29 is 9.53 Å². The van der Waals surface area contributed by atoms with Gasteiger partial charge in [0.05, 0.1) is 17.7 Å². The monoisotopic (exact) mass is 415 g/mol. The maximum atomic E-state index is 13.2.